The standard InChI is InChI=1S/C28H34N4O5/c1-35-22-7-5-21(6-8-22)27-30-25-10-9-23(37-14-2-11-31-12-15-36-16-13-31)17-24(25)28(34)32(27)19-26(33)29-18-20-3-4-20/h5-10,17,20H,2-4,11-16,18-19H2,1H3,(H,29,33). The molecule has 2 heterocycles. The van der Waals surface area contributed by atoms with Crippen molar-refractivity contribution in [3.05, 3.63) is 52.8 Å². The molecule has 1 aliphatic heterocycles. The van der Waals surface area contributed by atoms with Crippen LogP contribution < -0.4 is 20.3 Å². The molecular formula is C28H34N4O5. The molecule has 0 bridgehead atoms. The third kappa shape index (κ3) is 6.47. The number of ether oxygens (including phenoxy) is 3. The van der Waals surface area contributed by atoms with E-state index in [0.717, 1.165) is 57.7 Å². The number of nitrogens with one attached hydrogen (secondary N) is 1. The number of methoxy groups -OCH3 is 1. The maximum atomic E-state index is 13.7. The third-order valence-electron chi connectivity index (χ3n) is 6.85. The molecule has 0 spiro atoms. The minimum absolute atomic E-state index is 0.0967. The van der Waals surface area contributed by atoms with E-state index in [4.69, 9.17) is 19.2 Å². The van der Waals surface area contributed by atoms with Crippen LogP contribution in [0.15, 0.2) is 47.3 Å². The molecule has 9 heteroatoms. The molecule has 3 aromatic rings. The number of aromatic nitrogens is 2. The van der Waals surface area contributed by atoms with E-state index in [0.29, 0.717) is 47.3 Å². The van der Waals surface area contributed by atoms with Crippen molar-refractivity contribution >= 4 is 16.8 Å². The van der Waals surface area contributed by atoms with Gasteiger partial charge in [-0.1, -0.05) is 0 Å². The average Bonchev–Trinajstić information content (AvgIpc) is 3.77. The van der Waals surface area contributed by atoms with Gasteiger partial charge in [-0.2, -0.15) is 0 Å². The number of fused-ring (bicyclic) bond motifs is 1. The zero-order chi connectivity index (χ0) is 25.6. The van der Waals surface area contributed by atoms with Crippen LogP contribution in [0.2, 0.25) is 0 Å². The summed E-state index contributed by atoms with van der Waals surface area (Å²) in [5.74, 6) is 2.13. The summed E-state index contributed by atoms with van der Waals surface area (Å²) in [7, 11) is 1.60. The second-order valence-corrected chi connectivity index (χ2v) is 9.64. The number of carbonyl (C=O) groups excluding carboxylic acids is 1. The summed E-state index contributed by atoms with van der Waals surface area (Å²) in [4.78, 5) is 33.6. The van der Waals surface area contributed by atoms with Crippen molar-refractivity contribution in [1.82, 2.24) is 19.8 Å². The lowest BCUT2D eigenvalue weighted by molar-refractivity contribution is -0.121. The van der Waals surface area contributed by atoms with Gasteiger partial charge in [-0.05, 0) is 67.6 Å². The topological polar surface area (TPSA) is 94.9 Å². The van der Waals surface area contributed by atoms with E-state index in [2.05, 4.69) is 10.2 Å². The van der Waals surface area contributed by atoms with Gasteiger partial charge in [0.25, 0.3) is 5.56 Å². The van der Waals surface area contributed by atoms with Gasteiger partial charge in [0.15, 0.2) is 0 Å². The number of amides is 1. The van der Waals surface area contributed by atoms with Crippen LogP contribution in [-0.2, 0) is 16.1 Å². The molecule has 0 unspecified atom stereocenters. The van der Waals surface area contributed by atoms with E-state index >= 15 is 0 Å². The number of carbonyl (C=O) groups is 1. The first-order valence-corrected chi connectivity index (χ1v) is 13.0. The summed E-state index contributed by atoms with van der Waals surface area (Å²) in [5.41, 5.74) is 1.03. The number of morpholine rings is 1. The molecule has 2 aromatic carbocycles. The SMILES string of the molecule is COc1ccc(-c2nc3ccc(OCCCN4CCOCC4)cc3c(=O)n2CC(=O)NCC2CC2)cc1. The molecule has 196 valence electrons. The van der Waals surface area contributed by atoms with Crippen molar-refractivity contribution < 1.29 is 19.0 Å². The van der Waals surface area contributed by atoms with Gasteiger partial charge in [-0.3, -0.25) is 19.1 Å². The van der Waals surface area contributed by atoms with Gasteiger partial charge in [-0.15, -0.1) is 0 Å². The predicted octanol–water partition coefficient (Wildman–Crippen LogP) is 2.70. The first-order valence-electron chi connectivity index (χ1n) is 13.0. The Bertz CT molecular complexity index is 1280. The van der Waals surface area contributed by atoms with E-state index < -0.39 is 0 Å². The van der Waals surface area contributed by atoms with Crippen molar-refractivity contribution in [2.45, 2.75) is 25.8 Å². The minimum atomic E-state index is -0.267. The van der Waals surface area contributed by atoms with E-state index in [1.807, 2.05) is 30.3 Å². The summed E-state index contributed by atoms with van der Waals surface area (Å²) in [5, 5.41) is 3.38. The molecule has 1 saturated heterocycles. The highest BCUT2D eigenvalue weighted by Gasteiger charge is 2.22. The zero-order valence-corrected chi connectivity index (χ0v) is 21.3. The van der Waals surface area contributed by atoms with Gasteiger partial charge in [0.2, 0.25) is 5.91 Å². The van der Waals surface area contributed by atoms with Gasteiger partial charge < -0.3 is 19.5 Å². The fourth-order valence-electron chi connectivity index (χ4n) is 4.48. The molecule has 1 aliphatic carbocycles. The number of benzene rings is 2. The van der Waals surface area contributed by atoms with Crippen molar-refractivity contribution in [2.75, 3.05) is 53.1 Å². The normalized spacial score (nSPS) is 16.0. The largest absolute Gasteiger partial charge is 0.497 e. The third-order valence-corrected chi connectivity index (χ3v) is 6.85. The van der Waals surface area contributed by atoms with Crippen molar-refractivity contribution in [3.8, 4) is 22.9 Å². The van der Waals surface area contributed by atoms with Crippen molar-refractivity contribution in [2.24, 2.45) is 5.92 Å². The molecule has 9 nitrogen and oxygen atoms in total. The van der Waals surface area contributed by atoms with Crippen LogP contribution in [0.3, 0.4) is 0 Å². The second-order valence-electron chi connectivity index (χ2n) is 9.64. The Morgan fingerprint density at radius 2 is 1.86 bits per heavy atom. The Hall–Kier alpha value is -3.43. The Morgan fingerprint density at radius 1 is 1.11 bits per heavy atom. The first kappa shape index (κ1) is 25.2. The van der Waals surface area contributed by atoms with Crippen LogP contribution >= 0.6 is 0 Å². The van der Waals surface area contributed by atoms with Gasteiger partial charge >= 0.3 is 0 Å². The van der Waals surface area contributed by atoms with Gasteiger partial charge in [0, 0.05) is 31.7 Å². The lowest BCUT2D eigenvalue weighted by atomic mass is 10.1. The summed E-state index contributed by atoms with van der Waals surface area (Å²) in [6.07, 6.45) is 3.17. The quantitative estimate of drug-likeness (QED) is 0.400. The number of hydrogen-bond donors (Lipinski definition) is 1. The summed E-state index contributed by atoms with van der Waals surface area (Å²) >= 11 is 0. The summed E-state index contributed by atoms with van der Waals surface area (Å²) in [6.45, 7) is 5.52. The van der Waals surface area contributed by atoms with Crippen LogP contribution in [0.1, 0.15) is 19.3 Å². The predicted molar refractivity (Wildman–Crippen MR) is 141 cm³/mol. The van der Waals surface area contributed by atoms with Gasteiger partial charge in [0.1, 0.15) is 23.9 Å². The molecule has 1 aromatic heterocycles. The van der Waals surface area contributed by atoms with E-state index in [9.17, 15) is 9.59 Å². The maximum absolute atomic E-state index is 13.7. The lowest BCUT2D eigenvalue weighted by Gasteiger charge is -2.26. The molecule has 1 saturated carbocycles. The molecule has 0 atom stereocenters. The Labute approximate surface area is 216 Å². The van der Waals surface area contributed by atoms with Crippen LogP contribution in [0.25, 0.3) is 22.3 Å². The highest BCUT2D eigenvalue weighted by Crippen LogP contribution is 2.27. The van der Waals surface area contributed by atoms with Crippen LogP contribution in [0.4, 0.5) is 0 Å². The highest BCUT2D eigenvalue weighted by atomic mass is 16.5. The van der Waals surface area contributed by atoms with Crippen molar-refractivity contribution in [1.29, 1.82) is 0 Å². The smallest absolute Gasteiger partial charge is 0.262 e. The second kappa shape index (κ2) is 11.7. The molecule has 1 N–H and O–H groups in total. The summed E-state index contributed by atoms with van der Waals surface area (Å²) in [6, 6.07) is 12.7. The fourth-order valence-corrected chi connectivity index (χ4v) is 4.48. The molecule has 2 fully saturated rings. The van der Waals surface area contributed by atoms with E-state index in [-0.39, 0.29) is 18.0 Å². The summed E-state index contributed by atoms with van der Waals surface area (Å²) < 4.78 is 18.1. The Balaban J connectivity index is 1.37. The van der Waals surface area contributed by atoms with Crippen LogP contribution in [0.5, 0.6) is 11.5 Å². The first-order chi connectivity index (χ1) is 18.1. The fraction of sp³-hybridized carbons (Fsp3) is 0.464. The zero-order valence-electron chi connectivity index (χ0n) is 21.3. The maximum Gasteiger partial charge on any atom is 0.262 e. The van der Waals surface area contributed by atoms with Crippen molar-refractivity contribution in [3.63, 3.8) is 0 Å². The average molecular weight is 507 g/mol. The number of hydrogen-bond acceptors (Lipinski definition) is 7. The van der Waals surface area contributed by atoms with Gasteiger partial charge in [-0.25, -0.2) is 4.98 Å². The van der Waals surface area contributed by atoms with E-state index in [1.165, 1.54) is 4.57 Å². The number of nitrogens with zero attached hydrogens (tertiary/aromatic N) is 3. The van der Waals surface area contributed by atoms with Crippen LogP contribution in [0, 0.1) is 5.92 Å². The molecule has 37 heavy (non-hydrogen) atoms. The monoisotopic (exact) mass is 506 g/mol. The molecule has 5 rings (SSSR count). The molecular weight excluding hydrogens is 472 g/mol. The van der Waals surface area contributed by atoms with E-state index in [1.54, 1.807) is 19.2 Å². The highest BCUT2D eigenvalue weighted by molar-refractivity contribution is 5.83. The minimum Gasteiger partial charge on any atom is -0.497 e. The molecule has 2 aliphatic rings. The van der Waals surface area contributed by atoms with Crippen LogP contribution in [-0.4, -0.2) is 73.5 Å². The molecule has 0 radical (unpaired) electrons. The lowest BCUT2D eigenvalue weighted by Crippen LogP contribution is -2.37. The van der Waals surface area contributed by atoms with Gasteiger partial charge in [0.05, 0.1) is 37.8 Å². The Kier molecular flexibility index (Phi) is 8.01. The molecule has 1 amide bonds. The number of rotatable bonds is 11. The Morgan fingerprint density at radius 3 is 2.59 bits per heavy atom.